The Morgan fingerprint density at radius 3 is 2.77 bits per heavy atom. The number of aliphatic imine (C=N–C) groups is 1. The van der Waals surface area contributed by atoms with Gasteiger partial charge >= 0.3 is 0 Å². The highest BCUT2D eigenvalue weighted by atomic mass is 127. The molecule has 0 fully saturated rings. The SMILES string of the molecule is CN=C(NCC(C)C)NCC1CC(=O)Nc2ccccc21.I. The minimum absolute atomic E-state index is 0. The molecule has 1 heterocycles. The summed E-state index contributed by atoms with van der Waals surface area (Å²) in [5.74, 6) is 1.59. The molecule has 3 N–H and O–H groups in total. The summed E-state index contributed by atoms with van der Waals surface area (Å²) in [5, 5.41) is 9.52. The molecule has 0 aliphatic carbocycles. The van der Waals surface area contributed by atoms with Gasteiger partial charge in [-0.2, -0.15) is 0 Å². The number of anilines is 1. The van der Waals surface area contributed by atoms with Crippen molar-refractivity contribution in [3.05, 3.63) is 29.8 Å². The van der Waals surface area contributed by atoms with E-state index in [9.17, 15) is 4.79 Å². The third-order valence-electron chi connectivity index (χ3n) is 3.52. The molecule has 1 amide bonds. The molecule has 1 unspecified atom stereocenters. The van der Waals surface area contributed by atoms with Gasteiger partial charge in [0.25, 0.3) is 0 Å². The van der Waals surface area contributed by atoms with Gasteiger partial charge in [0.05, 0.1) is 0 Å². The number of guanidine groups is 1. The minimum atomic E-state index is 0. The van der Waals surface area contributed by atoms with Crippen LogP contribution in [0.2, 0.25) is 0 Å². The Hall–Kier alpha value is -1.31. The smallest absolute Gasteiger partial charge is 0.225 e. The number of amides is 1. The summed E-state index contributed by atoms with van der Waals surface area (Å²) in [6, 6.07) is 7.98. The van der Waals surface area contributed by atoms with Crippen LogP contribution in [0.15, 0.2) is 29.3 Å². The van der Waals surface area contributed by atoms with Gasteiger partial charge in [0.15, 0.2) is 5.96 Å². The number of halogens is 1. The van der Waals surface area contributed by atoms with Crippen molar-refractivity contribution in [3.63, 3.8) is 0 Å². The van der Waals surface area contributed by atoms with Gasteiger partial charge in [-0.3, -0.25) is 9.79 Å². The number of hydrogen-bond acceptors (Lipinski definition) is 2. The molecule has 0 bridgehead atoms. The van der Waals surface area contributed by atoms with Gasteiger partial charge in [-0.05, 0) is 17.5 Å². The topological polar surface area (TPSA) is 65.5 Å². The molecule has 0 saturated carbocycles. The quantitative estimate of drug-likeness (QED) is 0.402. The molecule has 22 heavy (non-hydrogen) atoms. The van der Waals surface area contributed by atoms with Crippen molar-refractivity contribution >= 4 is 41.5 Å². The fraction of sp³-hybridized carbons (Fsp3) is 0.500. The van der Waals surface area contributed by atoms with Crippen LogP contribution >= 0.6 is 24.0 Å². The summed E-state index contributed by atoms with van der Waals surface area (Å²) in [7, 11) is 1.76. The van der Waals surface area contributed by atoms with Gasteiger partial charge in [0.2, 0.25) is 5.91 Å². The van der Waals surface area contributed by atoms with E-state index >= 15 is 0 Å². The van der Waals surface area contributed by atoms with Crippen LogP contribution in [0.4, 0.5) is 5.69 Å². The van der Waals surface area contributed by atoms with E-state index in [0.29, 0.717) is 18.9 Å². The largest absolute Gasteiger partial charge is 0.356 e. The first-order chi connectivity index (χ1) is 10.1. The first kappa shape index (κ1) is 18.7. The van der Waals surface area contributed by atoms with E-state index in [1.54, 1.807) is 7.05 Å². The van der Waals surface area contributed by atoms with Crippen LogP contribution < -0.4 is 16.0 Å². The van der Waals surface area contributed by atoms with Crippen molar-refractivity contribution < 1.29 is 4.79 Å². The molecule has 1 aliphatic heterocycles. The number of fused-ring (bicyclic) bond motifs is 1. The normalized spacial score (nSPS) is 17.4. The Bertz CT molecular complexity index is 531. The van der Waals surface area contributed by atoms with Crippen molar-refractivity contribution in [1.29, 1.82) is 0 Å². The van der Waals surface area contributed by atoms with Crippen molar-refractivity contribution in [2.45, 2.75) is 26.2 Å². The lowest BCUT2D eigenvalue weighted by Gasteiger charge is -2.26. The number of hydrogen-bond donors (Lipinski definition) is 3. The first-order valence-electron chi connectivity index (χ1n) is 7.43. The fourth-order valence-electron chi connectivity index (χ4n) is 2.43. The van der Waals surface area contributed by atoms with E-state index in [-0.39, 0.29) is 35.8 Å². The van der Waals surface area contributed by atoms with Crippen molar-refractivity contribution in [2.75, 3.05) is 25.5 Å². The monoisotopic (exact) mass is 416 g/mol. The van der Waals surface area contributed by atoms with E-state index < -0.39 is 0 Å². The highest BCUT2D eigenvalue weighted by Gasteiger charge is 2.24. The van der Waals surface area contributed by atoms with Crippen LogP contribution in [0, 0.1) is 5.92 Å². The van der Waals surface area contributed by atoms with Gasteiger partial charge in [0.1, 0.15) is 0 Å². The van der Waals surface area contributed by atoms with E-state index in [0.717, 1.165) is 18.2 Å². The average molecular weight is 416 g/mol. The van der Waals surface area contributed by atoms with Gasteiger partial charge in [0, 0.05) is 38.2 Å². The zero-order valence-corrected chi connectivity index (χ0v) is 15.7. The Balaban J connectivity index is 0.00000242. The third-order valence-corrected chi connectivity index (χ3v) is 3.52. The molecule has 2 rings (SSSR count). The number of benzene rings is 1. The molecule has 1 aromatic rings. The number of carbonyl (C=O) groups excluding carboxylic acids is 1. The van der Waals surface area contributed by atoms with Crippen LogP contribution in [-0.4, -0.2) is 32.0 Å². The van der Waals surface area contributed by atoms with Gasteiger partial charge in [-0.25, -0.2) is 0 Å². The molecule has 122 valence electrons. The number of carbonyl (C=O) groups is 1. The van der Waals surface area contributed by atoms with E-state index in [4.69, 9.17) is 0 Å². The van der Waals surface area contributed by atoms with E-state index in [1.165, 1.54) is 5.56 Å². The Morgan fingerprint density at radius 2 is 2.09 bits per heavy atom. The summed E-state index contributed by atoms with van der Waals surface area (Å²) < 4.78 is 0. The summed E-state index contributed by atoms with van der Waals surface area (Å²) in [6.07, 6.45) is 0.505. The fourth-order valence-corrected chi connectivity index (χ4v) is 2.43. The summed E-state index contributed by atoms with van der Waals surface area (Å²) in [4.78, 5) is 16.0. The van der Waals surface area contributed by atoms with E-state index in [1.807, 2.05) is 18.2 Å². The van der Waals surface area contributed by atoms with Crippen LogP contribution in [0.5, 0.6) is 0 Å². The van der Waals surface area contributed by atoms with Crippen LogP contribution in [-0.2, 0) is 4.79 Å². The molecule has 1 aromatic carbocycles. The standard InChI is InChI=1S/C16H24N4O.HI/c1-11(2)9-18-16(17-3)19-10-12-8-15(21)20-14-7-5-4-6-13(12)14;/h4-7,11-12H,8-10H2,1-3H3,(H,20,21)(H2,17,18,19);1H. The zero-order valence-electron chi connectivity index (χ0n) is 13.3. The van der Waals surface area contributed by atoms with Gasteiger partial charge < -0.3 is 16.0 Å². The summed E-state index contributed by atoms with van der Waals surface area (Å²) >= 11 is 0. The van der Waals surface area contributed by atoms with Crippen molar-refractivity contribution in [1.82, 2.24) is 10.6 Å². The molecular weight excluding hydrogens is 391 g/mol. The second-order valence-electron chi connectivity index (χ2n) is 5.76. The van der Waals surface area contributed by atoms with E-state index in [2.05, 4.69) is 40.9 Å². The number of nitrogens with one attached hydrogen (secondary N) is 3. The third kappa shape index (κ3) is 5.15. The molecule has 0 aromatic heterocycles. The molecule has 1 atom stereocenters. The highest BCUT2D eigenvalue weighted by molar-refractivity contribution is 14.0. The number of rotatable bonds is 4. The lowest BCUT2D eigenvalue weighted by Crippen LogP contribution is -2.41. The number of para-hydroxylation sites is 1. The Labute approximate surface area is 149 Å². The highest BCUT2D eigenvalue weighted by Crippen LogP contribution is 2.31. The maximum atomic E-state index is 11.8. The molecule has 0 radical (unpaired) electrons. The zero-order chi connectivity index (χ0) is 15.2. The predicted molar refractivity (Wildman–Crippen MR) is 102 cm³/mol. The summed E-state index contributed by atoms with van der Waals surface area (Å²) in [6.45, 7) is 5.88. The van der Waals surface area contributed by atoms with Crippen LogP contribution in [0.3, 0.4) is 0 Å². The molecule has 5 nitrogen and oxygen atoms in total. The van der Waals surface area contributed by atoms with Crippen molar-refractivity contribution in [2.24, 2.45) is 10.9 Å². The second-order valence-corrected chi connectivity index (χ2v) is 5.76. The molecule has 0 spiro atoms. The van der Waals surface area contributed by atoms with Crippen LogP contribution in [0.25, 0.3) is 0 Å². The lowest BCUT2D eigenvalue weighted by molar-refractivity contribution is -0.116. The average Bonchev–Trinajstić information content (AvgIpc) is 2.46. The van der Waals surface area contributed by atoms with Gasteiger partial charge in [-0.15, -0.1) is 24.0 Å². The molecular formula is C16H25IN4O. The number of nitrogens with zero attached hydrogens (tertiary/aromatic N) is 1. The molecule has 1 aliphatic rings. The van der Waals surface area contributed by atoms with Crippen molar-refractivity contribution in [3.8, 4) is 0 Å². The predicted octanol–water partition coefficient (Wildman–Crippen LogP) is 2.55. The maximum Gasteiger partial charge on any atom is 0.225 e. The van der Waals surface area contributed by atoms with Crippen LogP contribution in [0.1, 0.15) is 31.7 Å². The van der Waals surface area contributed by atoms with Gasteiger partial charge in [-0.1, -0.05) is 32.0 Å². The molecule has 6 heteroatoms. The summed E-state index contributed by atoms with van der Waals surface area (Å²) in [5.41, 5.74) is 2.11. The second kappa shape index (κ2) is 8.97. The minimum Gasteiger partial charge on any atom is -0.356 e. The first-order valence-corrected chi connectivity index (χ1v) is 7.43. The lowest BCUT2D eigenvalue weighted by atomic mass is 9.90. The Morgan fingerprint density at radius 1 is 1.36 bits per heavy atom. The maximum absolute atomic E-state index is 11.8. The Kier molecular flexibility index (Phi) is 7.64. The molecule has 0 saturated heterocycles.